The Morgan fingerprint density at radius 3 is 2.48 bits per heavy atom. The minimum Gasteiger partial charge on any atom is -0.489 e. The highest BCUT2D eigenvalue weighted by molar-refractivity contribution is 6.96. The Kier molecular flexibility index (Phi) is 5.22. The SMILES string of the molecule is C=CCOc1c(C(C)(C)C)cc(C)cc1[Si](C)(C)C1=Cc2ccccc2C1. The molecule has 0 aliphatic heterocycles. The first kappa shape index (κ1) is 19.7. The monoisotopic (exact) mass is 376 g/mol. The zero-order chi connectivity index (χ0) is 19.8. The molecule has 0 spiro atoms. The van der Waals surface area contributed by atoms with E-state index in [2.05, 4.69) is 89.8 Å². The average molecular weight is 377 g/mol. The third-order valence-electron chi connectivity index (χ3n) is 5.63. The largest absolute Gasteiger partial charge is 0.489 e. The number of rotatable bonds is 5. The molecule has 0 bridgehead atoms. The van der Waals surface area contributed by atoms with E-state index in [0.717, 1.165) is 12.2 Å². The number of hydrogen-bond donors (Lipinski definition) is 0. The Balaban J connectivity index is 2.15. The number of aryl methyl sites for hydroxylation is 1. The standard InChI is InChI=1S/C25H32OSi/c1-8-13-26-24-22(25(3,4)5)14-18(2)15-23(24)27(6,7)21-16-19-11-9-10-12-20(19)17-21/h8-12,14-16H,1,13,17H2,2-7H3. The molecule has 0 aromatic heterocycles. The van der Waals surface area contributed by atoms with Gasteiger partial charge < -0.3 is 4.74 Å². The van der Waals surface area contributed by atoms with E-state index in [1.165, 1.54) is 27.4 Å². The molecule has 0 atom stereocenters. The number of allylic oxidation sites excluding steroid dienone is 1. The predicted octanol–water partition coefficient (Wildman–Crippen LogP) is 5.95. The van der Waals surface area contributed by atoms with Crippen LogP contribution in [0.1, 0.15) is 43.0 Å². The van der Waals surface area contributed by atoms with Gasteiger partial charge in [-0.05, 0) is 40.6 Å². The summed E-state index contributed by atoms with van der Waals surface area (Å²) in [7, 11) is -1.88. The number of fused-ring (bicyclic) bond motifs is 1. The zero-order valence-electron chi connectivity index (χ0n) is 17.6. The summed E-state index contributed by atoms with van der Waals surface area (Å²) in [6.45, 7) is 18.3. The molecule has 3 rings (SSSR count). The third-order valence-corrected chi connectivity index (χ3v) is 9.27. The van der Waals surface area contributed by atoms with Crippen LogP contribution in [0.2, 0.25) is 13.1 Å². The number of benzene rings is 2. The lowest BCUT2D eigenvalue weighted by Gasteiger charge is -2.32. The molecule has 0 fully saturated rings. The van der Waals surface area contributed by atoms with Crippen LogP contribution in [0, 0.1) is 6.92 Å². The lowest BCUT2D eigenvalue weighted by atomic mass is 9.85. The van der Waals surface area contributed by atoms with E-state index in [9.17, 15) is 0 Å². The fourth-order valence-corrected chi connectivity index (χ4v) is 6.80. The van der Waals surface area contributed by atoms with Crippen molar-refractivity contribution < 1.29 is 4.74 Å². The van der Waals surface area contributed by atoms with E-state index in [4.69, 9.17) is 4.74 Å². The van der Waals surface area contributed by atoms with E-state index >= 15 is 0 Å². The second-order valence-corrected chi connectivity index (χ2v) is 13.6. The van der Waals surface area contributed by atoms with Crippen LogP contribution in [0.15, 0.2) is 54.2 Å². The summed E-state index contributed by atoms with van der Waals surface area (Å²) in [6.07, 6.45) is 5.34. The molecule has 27 heavy (non-hydrogen) atoms. The minimum absolute atomic E-state index is 0.0365. The van der Waals surface area contributed by atoms with Gasteiger partial charge in [0.15, 0.2) is 0 Å². The first-order chi connectivity index (χ1) is 12.6. The van der Waals surface area contributed by atoms with E-state index in [-0.39, 0.29) is 5.41 Å². The van der Waals surface area contributed by atoms with Crippen molar-refractivity contribution in [1.29, 1.82) is 0 Å². The molecule has 0 N–H and O–H groups in total. The van der Waals surface area contributed by atoms with Crippen LogP contribution in [0.4, 0.5) is 0 Å². The zero-order valence-corrected chi connectivity index (χ0v) is 18.6. The van der Waals surface area contributed by atoms with Gasteiger partial charge in [0, 0.05) is 0 Å². The predicted molar refractivity (Wildman–Crippen MR) is 121 cm³/mol. The maximum absolute atomic E-state index is 6.31. The maximum Gasteiger partial charge on any atom is 0.123 e. The van der Waals surface area contributed by atoms with Crippen molar-refractivity contribution in [1.82, 2.24) is 0 Å². The van der Waals surface area contributed by atoms with E-state index in [1.807, 2.05) is 6.08 Å². The van der Waals surface area contributed by atoms with Crippen LogP contribution in [0.3, 0.4) is 0 Å². The lowest BCUT2D eigenvalue weighted by Crippen LogP contribution is -2.45. The van der Waals surface area contributed by atoms with Gasteiger partial charge >= 0.3 is 0 Å². The molecule has 2 aromatic rings. The molecular weight excluding hydrogens is 344 g/mol. The summed E-state index contributed by atoms with van der Waals surface area (Å²) in [4.78, 5) is 0. The summed E-state index contributed by atoms with van der Waals surface area (Å²) in [6, 6.07) is 13.4. The van der Waals surface area contributed by atoms with Gasteiger partial charge in [0.25, 0.3) is 0 Å². The molecule has 1 nitrogen and oxygen atoms in total. The Morgan fingerprint density at radius 1 is 1.15 bits per heavy atom. The molecule has 0 amide bonds. The molecule has 142 valence electrons. The van der Waals surface area contributed by atoms with Crippen LogP contribution in [-0.2, 0) is 11.8 Å². The quantitative estimate of drug-likeness (QED) is 0.463. The third kappa shape index (κ3) is 3.82. The first-order valence-electron chi connectivity index (χ1n) is 9.83. The van der Waals surface area contributed by atoms with Crippen LogP contribution < -0.4 is 9.92 Å². The van der Waals surface area contributed by atoms with Gasteiger partial charge in [-0.1, -0.05) is 99.8 Å². The topological polar surface area (TPSA) is 9.23 Å². The van der Waals surface area contributed by atoms with Gasteiger partial charge in [0.2, 0.25) is 0 Å². The second-order valence-electron chi connectivity index (χ2n) is 9.21. The van der Waals surface area contributed by atoms with Gasteiger partial charge in [-0.2, -0.15) is 0 Å². The van der Waals surface area contributed by atoms with E-state index in [0.29, 0.717) is 6.61 Å². The van der Waals surface area contributed by atoms with Crippen molar-refractivity contribution in [2.24, 2.45) is 0 Å². The van der Waals surface area contributed by atoms with Crippen molar-refractivity contribution in [3.63, 3.8) is 0 Å². The van der Waals surface area contributed by atoms with Gasteiger partial charge in [0.1, 0.15) is 20.4 Å². The first-order valence-corrected chi connectivity index (χ1v) is 12.8. The summed E-state index contributed by atoms with van der Waals surface area (Å²) < 4.78 is 6.31. The smallest absolute Gasteiger partial charge is 0.123 e. The fourth-order valence-electron chi connectivity index (χ4n) is 3.95. The van der Waals surface area contributed by atoms with Crippen molar-refractivity contribution in [2.45, 2.75) is 52.6 Å². The molecule has 0 unspecified atom stereocenters. The maximum atomic E-state index is 6.31. The molecule has 1 aliphatic rings. The van der Waals surface area contributed by atoms with Crippen LogP contribution in [0.5, 0.6) is 5.75 Å². The Labute approximate surface area is 165 Å². The highest BCUT2D eigenvalue weighted by Crippen LogP contribution is 2.36. The van der Waals surface area contributed by atoms with Crippen LogP contribution in [0.25, 0.3) is 6.08 Å². The lowest BCUT2D eigenvalue weighted by molar-refractivity contribution is 0.354. The van der Waals surface area contributed by atoms with Gasteiger partial charge in [-0.15, -0.1) is 0 Å². The summed E-state index contributed by atoms with van der Waals surface area (Å²) in [5.41, 5.74) is 5.48. The fraction of sp³-hybridized carbons (Fsp3) is 0.360. The Bertz CT molecular complexity index is 897. The second kappa shape index (κ2) is 7.16. The average Bonchev–Trinajstić information content (AvgIpc) is 3.04. The van der Waals surface area contributed by atoms with Gasteiger partial charge in [0.05, 0.1) is 0 Å². The van der Waals surface area contributed by atoms with Gasteiger partial charge in [-0.3, -0.25) is 0 Å². The molecule has 0 saturated heterocycles. The summed E-state index contributed by atoms with van der Waals surface area (Å²) in [5, 5.41) is 2.99. The number of ether oxygens (including phenoxy) is 1. The van der Waals surface area contributed by atoms with E-state index in [1.54, 1.807) is 5.20 Å². The number of hydrogen-bond acceptors (Lipinski definition) is 1. The van der Waals surface area contributed by atoms with Crippen LogP contribution in [-0.4, -0.2) is 14.7 Å². The summed E-state index contributed by atoms with van der Waals surface area (Å²) in [5.74, 6) is 1.08. The van der Waals surface area contributed by atoms with Crippen molar-refractivity contribution >= 4 is 19.3 Å². The minimum atomic E-state index is -1.88. The summed E-state index contributed by atoms with van der Waals surface area (Å²) >= 11 is 0. The normalized spacial score (nSPS) is 13.9. The van der Waals surface area contributed by atoms with Crippen molar-refractivity contribution in [3.8, 4) is 5.75 Å². The highest BCUT2D eigenvalue weighted by Gasteiger charge is 2.36. The van der Waals surface area contributed by atoms with E-state index < -0.39 is 8.07 Å². The van der Waals surface area contributed by atoms with Crippen molar-refractivity contribution in [3.05, 3.63) is 76.5 Å². The Hall–Kier alpha value is -2.06. The van der Waals surface area contributed by atoms with Crippen molar-refractivity contribution in [2.75, 3.05) is 6.61 Å². The molecular formula is C25H32OSi. The molecule has 2 aromatic carbocycles. The molecule has 0 saturated carbocycles. The molecule has 0 radical (unpaired) electrons. The molecule has 2 heteroatoms. The van der Waals surface area contributed by atoms with Gasteiger partial charge in [-0.25, -0.2) is 0 Å². The molecule has 1 aliphatic carbocycles. The highest BCUT2D eigenvalue weighted by atomic mass is 28.3. The Morgan fingerprint density at radius 2 is 1.85 bits per heavy atom. The van der Waals surface area contributed by atoms with Crippen LogP contribution >= 0.6 is 0 Å². The molecule has 0 heterocycles.